The number of hydrogen-bond donors (Lipinski definition) is 2. The Morgan fingerprint density at radius 2 is 1.82 bits per heavy atom. The fraction of sp³-hybridized carbons (Fsp3) is 0.611. The zero-order valence-electron chi connectivity index (χ0n) is 14.1. The quantitative estimate of drug-likeness (QED) is 0.849. The van der Waals surface area contributed by atoms with Crippen LogP contribution in [-0.4, -0.2) is 37.0 Å². The second kappa shape index (κ2) is 8.30. The summed E-state index contributed by atoms with van der Waals surface area (Å²) in [6.45, 7) is 10.5. The van der Waals surface area contributed by atoms with Gasteiger partial charge in [-0.25, -0.2) is 0 Å². The molecule has 1 aliphatic heterocycles. The first-order valence-electron chi connectivity index (χ1n) is 8.38. The molecule has 1 amide bonds. The highest BCUT2D eigenvalue weighted by atomic mass is 16.1. The molecule has 1 aliphatic rings. The molecule has 0 aromatic heterocycles. The van der Waals surface area contributed by atoms with Gasteiger partial charge in [-0.3, -0.25) is 9.69 Å². The van der Waals surface area contributed by atoms with Crippen molar-refractivity contribution in [2.45, 2.75) is 39.7 Å². The van der Waals surface area contributed by atoms with Gasteiger partial charge in [0.15, 0.2) is 0 Å². The van der Waals surface area contributed by atoms with E-state index in [1.807, 2.05) is 12.1 Å². The van der Waals surface area contributed by atoms with E-state index in [2.05, 4.69) is 41.5 Å². The lowest BCUT2D eigenvalue weighted by Gasteiger charge is -2.35. The van der Waals surface area contributed by atoms with Crippen molar-refractivity contribution in [3.05, 3.63) is 29.8 Å². The summed E-state index contributed by atoms with van der Waals surface area (Å²) < 4.78 is 0. The van der Waals surface area contributed by atoms with Crippen molar-refractivity contribution >= 4 is 11.6 Å². The molecule has 0 saturated carbocycles. The number of amides is 1. The maximum atomic E-state index is 11.1. The van der Waals surface area contributed by atoms with E-state index in [1.54, 1.807) is 6.92 Å². The number of carbonyl (C=O) groups is 1. The Morgan fingerprint density at radius 3 is 2.36 bits per heavy atom. The van der Waals surface area contributed by atoms with Crippen molar-refractivity contribution in [2.75, 3.05) is 31.5 Å². The Balaban J connectivity index is 2.10. The molecule has 0 radical (unpaired) electrons. The molecule has 4 heteroatoms. The van der Waals surface area contributed by atoms with Gasteiger partial charge in [-0.05, 0) is 36.5 Å². The van der Waals surface area contributed by atoms with Crippen LogP contribution in [0, 0.1) is 5.92 Å². The van der Waals surface area contributed by atoms with Crippen LogP contribution in [0.25, 0.3) is 0 Å². The lowest BCUT2D eigenvalue weighted by atomic mass is 9.95. The van der Waals surface area contributed by atoms with Gasteiger partial charge in [-0.15, -0.1) is 0 Å². The van der Waals surface area contributed by atoms with E-state index in [1.165, 1.54) is 18.4 Å². The van der Waals surface area contributed by atoms with E-state index < -0.39 is 0 Å². The van der Waals surface area contributed by atoms with Crippen molar-refractivity contribution in [1.82, 2.24) is 10.2 Å². The molecule has 2 N–H and O–H groups in total. The zero-order valence-corrected chi connectivity index (χ0v) is 14.1. The molecule has 122 valence electrons. The number of benzene rings is 1. The summed E-state index contributed by atoms with van der Waals surface area (Å²) in [5.41, 5.74) is 2.23. The lowest BCUT2D eigenvalue weighted by Crippen LogP contribution is -2.45. The summed E-state index contributed by atoms with van der Waals surface area (Å²) in [4.78, 5) is 13.7. The molecule has 0 bridgehead atoms. The van der Waals surface area contributed by atoms with E-state index >= 15 is 0 Å². The minimum atomic E-state index is -0.0220. The average molecular weight is 303 g/mol. The van der Waals surface area contributed by atoms with E-state index in [0.717, 1.165) is 37.8 Å². The number of rotatable bonds is 6. The summed E-state index contributed by atoms with van der Waals surface area (Å²) in [6, 6.07) is 8.84. The fourth-order valence-electron chi connectivity index (χ4n) is 3.04. The highest BCUT2D eigenvalue weighted by molar-refractivity contribution is 5.88. The van der Waals surface area contributed by atoms with Gasteiger partial charge in [-0.2, -0.15) is 0 Å². The van der Waals surface area contributed by atoms with Crippen molar-refractivity contribution in [3.8, 4) is 0 Å². The molecule has 1 aromatic carbocycles. The van der Waals surface area contributed by atoms with Crippen LogP contribution in [0.15, 0.2) is 24.3 Å². The molecule has 1 aromatic rings. The highest BCUT2D eigenvalue weighted by Gasteiger charge is 2.22. The molecule has 1 fully saturated rings. The van der Waals surface area contributed by atoms with Gasteiger partial charge in [0.2, 0.25) is 5.91 Å². The predicted octanol–water partition coefficient (Wildman–Crippen LogP) is 3.03. The van der Waals surface area contributed by atoms with Crippen molar-refractivity contribution < 1.29 is 4.79 Å². The van der Waals surface area contributed by atoms with Gasteiger partial charge in [0.25, 0.3) is 0 Å². The number of carbonyl (C=O) groups excluding carboxylic acids is 1. The number of nitrogens with zero attached hydrogens (tertiary/aromatic N) is 1. The smallest absolute Gasteiger partial charge is 0.221 e. The average Bonchev–Trinajstić information content (AvgIpc) is 2.49. The molecular weight excluding hydrogens is 274 g/mol. The molecule has 1 heterocycles. The Labute approximate surface area is 134 Å². The fourth-order valence-corrected chi connectivity index (χ4v) is 3.04. The summed E-state index contributed by atoms with van der Waals surface area (Å²) in [7, 11) is 0. The van der Waals surface area contributed by atoms with E-state index in [9.17, 15) is 4.79 Å². The predicted molar refractivity (Wildman–Crippen MR) is 92.0 cm³/mol. The third kappa shape index (κ3) is 5.11. The maximum Gasteiger partial charge on any atom is 0.221 e. The van der Waals surface area contributed by atoms with Crippen molar-refractivity contribution in [1.29, 1.82) is 0 Å². The van der Waals surface area contributed by atoms with Crippen LogP contribution in [0.3, 0.4) is 0 Å². The number of piperazine rings is 1. The van der Waals surface area contributed by atoms with Gasteiger partial charge in [0, 0.05) is 44.8 Å². The molecule has 2 rings (SSSR count). The summed E-state index contributed by atoms with van der Waals surface area (Å²) in [5, 5.41) is 6.27. The second-order valence-corrected chi connectivity index (χ2v) is 6.58. The van der Waals surface area contributed by atoms with E-state index in [0.29, 0.717) is 6.04 Å². The first kappa shape index (κ1) is 17.0. The molecular formula is C18H29N3O. The van der Waals surface area contributed by atoms with Gasteiger partial charge >= 0.3 is 0 Å². The third-order valence-corrected chi connectivity index (χ3v) is 4.23. The van der Waals surface area contributed by atoms with Gasteiger partial charge < -0.3 is 10.6 Å². The van der Waals surface area contributed by atoms with Crippen LogP contribution in [0.5, 0.6) is 0 Å². The largest absolute Gasteiger partial charge is 0.326 e. The lowest BCUT2D eigenvalue weighted by molar-refractivity contribution is -0.114. The van der Waals surface area contributed by atoms with Crippen molar-refractivity contribution in [3.63, 3.8) is 0 Å². The Morgan fingerprint density at radius 1 is 1.18 bits per heavy atom. The van der Waals surface area contributed by atoms with E-state index in [4.69, 9.17) is 0 Å². The summed E-state index contributed by atoms with van der Waals surface area (Å²) >= 11 is 0. The molecule has 0 unspecified atom stereocenters. The van der Waals surface area contributed by atoms with Gasteiger partial charge in [0.05, 0.1) is 0 Å². The molecule has 22 heavy (non-hydrogen) atoms. The Hall–Kier alpha value is -1.39. The first-order valence-corrected chi connectivity index (χ1v) is 8.38. The first-order chi connectivity index (χ1) is 10.6. The number of hydrogen-bond acceptors (Lipinski definition) is 3. The minimum Gasteiger partial charge on any atom is -0.326 e. The summed E-state index contributed by atoms with van der Waals surface area (Å²) in [6.07, 6.45) is 2.43. The topological polar surface area (TPSA) is 44.4 Å². The van der Waals surface area contributed by atoms with Crippen LogP contribution in [0.4, 0.5) is 5.69 Å². The Bertz CT molecular complexity index is 464. The maximum absolute atomic E-state index is 11.1. The number of nitrogens with one attached hydrogen (secondary N) is 2. The monoisotopic (exact) mass is 303 g/mol. The number of anilines is 1. The van der Waals surface area contributed by atoms with Gasteiger partial charge in [0.1, 0.15) is 0 Å². The molecule has 0 aliphatic carbocycles. The highest BCUT2D eigenvalue weighted by Crippen LogP contribution is 2.28. The normalized spacial score (nSPS) is 17.5. The second-order valence-electron chi connectivity index (χ2n) is 6.58. The Kier molecular flexibility index (Phi) is 6.40. The van der Waals surface area contributed by atoms with Crippen LogP contribution in [0.1, 0.15) is 45.2 Å². The van der Waals surface area contributed by atoms with Crippen LogP contribution < -0.4 is 10.6 Å². The molecule has 4 nitrogen and oxygen atoms in total. The van der Waals surface area contributed by atoms with Crippen molar-refractivity contribution in [2.24, 2.45) is 5.92 Å². The third-order valence-electron chi connectivity index (χ3n) is 4.23. The van der Waals surface area contributed by atoms with E-state index in [-0.39, 0.29) is 5.91 Å². The standard InChI is InChI=1S/C18H29N3O/c1-14(2)4-9-18(21-12-10-19-11-13-21)16-5-7-17(8-6-16)20-15(3)22/h5-8,14,18-19H,4,9-13H2,1-3H3,(H,20,22)/t18-/m0/s1. The summed E-state index contributed by atoms with van der Waals surface area (Å²) in [5.74, 6) is 0.704. The molecule has 1 saturated heterocycles. The van der Waals surface area contributed by atoms with Gasteiger partial charge in [-0.1, -0.05) is 26.0 Å². The van der Waals surface area contributed by atoms with Crippen LogP contribution in [-0.2, 0) is 4.79 Å². The SMILES string of the molecule is CC(=O)Nc1ccc([C@H](CCC(C)C)N2CCNCC2)cc1. The zero-order chi connectivity index (χ0) is 15.9. The molecule has 1 atom stereocenters. The minimum absolute atomic E-state index is 0.0220. The molecule has 0 spiro atoms. The van der Waals surface area contributed by atoms with Crippen LogP contribution >= 0.6 is 0 Å². The van der Waals surface area contributed by atoms with Crippen LogP contribution in [0.2, 0.25) is 0 Å².